The van der Waals surface area contributed by atoms with Crippen molar-refractivity contribution in [3.05, 3.63) is 87.4 Å². The summed E-state index contributed by atoms with van der Waals surface area (Å²) in [5.74, 6) is 0.225. The number of thiazole rings is 1. The van der Waals surface area contributed by atoms with E-state index in [0.717, 1.165) is 10.7 Å². The highest BCUT2D eigenvalue weighted by molar-refractivity contribution is 7.09. The zero-order valence-corrected chi connectivity index (χ0v) is 16.3. The lowest BCUT2D eigenvalue weighted by Gasteiger charge is -2.06. The third-order valence-electron chi connectivity index (χ3n) is 4.23. The van der Waals surface area contributed by atoms with E-state index in [2.05, 4.69) is 29.5 Å². The maximum absolute atomic E-state index is 12.4. The number of carbonyl (C=O) groups excluding carboxylic acids is 2. The number of benzene rings is 2. The molecule has 0 spiro atoms. The van der Waals surface area contributed by atoms with Crippen molar-refractivity contribution < 1.29 is 9.59 Å². The Morgan fingerprint density at radius 2 is 1.59 bits per heavy atom. The number of amides is 1. The molecule has 0 bridgehead atoms. The van der Waals surface area contributed by atoms with Gasteiger partial charge in [-0.1, -0.05) is 56.3 Å². The van der Waals surface area contributed by atoms with Crippen molar-refractivity contribution in [3.63, 3.8) is 0 Å². The molecule has 138 valence electrons. The average Bonchev–Trinajstić information content (AvgIpc) is 3.17. The Kier molecular flexibility index (Phi) is 6.14. The summed E-state index contributed by atoms with van der Waals surface area (Å²) in [7, 11) is 0. The molecule has 0 aliphatic rings. The van der Waals surface area contributed by atoms with Crippen LogP contribution in [0.2, 0.25) is 0 Å². The molecule has 0 unspecified atom stereocenters. The van der Waals surface area contributed by atoms with Crippen LogP contribution in [-0.2, 0) is 6.42 Å². The Morgan fingerprint density at radius 3 is 2.22 bits per heavy atom. The van der Waals surface area contributed by atoms with E-state index in [1.165, 1.54) is 0 Å². The van der Waals surface area contributed by atoms with Crippen molar-refractivity contribution in [2.75, 3.05) is 6.54 Å². The van der Waals surface area contributed by atoms with E-state index in [1.807, 2.05) is 18.2 Å². The number of rotatable bonds is 7. The Bertz CT molecular complexity index is 915. The number of ketones is 1. The molecule has 1 N–H and O–H groups in total. The fourth-order valence-corrected chi connectivity index (χ4v) is 3.58. The molecule has 4 nitrogen and oxygen atoms in total. The highest BCUT2D eigenvalue weighted by atomic mass is 32.1. The van der Waals surface area contributed by atoms with Crippen LogP contribution in [0, 0.1) is 0 Å². The summed E-state index contributed by atoms with van der Waals surface area (Å²) >= 11 is 1.63. The van der Waals surface area contributed by atoms with Crippen LogP contribution in [0.1, 0.15) is 56.7 Å². The van der Waals surface area contributed by atoms with Gasteiger partial charge in [0.15, 0.2) is 5.78 Å². The van der Waals surface area contributed by atoms with Gasteiger partial charge >= 0.3 is 0 Å². The van der Waals surface area contributed by atoms with E-state index in [1.54, 1.807) is 47.7 Å². The quantitative estimate of drug-likeness (QED) is 0.617. The summed E-state index contributed by atoms with van der Waals surface area (Å²) in [4.78, 5) is 29.3. The fourth-order valence-electron chi connectivity index (χ4n) is 2.62. The van der Waals surface area contributed by atoms with Crippen LogP contribution in [0.25, 0.3) is 0 Å². The highest BCUT2D eigenvalue weighted by Crippen LogP contribution is 2.18. The molecule has 0 atom stereocenters. The maximum atomic E-state index is 12.4. The van der Waals surface area contributed by atoms with Crippen LogP contribution in [0.4, 0.5) is 0 Å². The van der Waals surface area contributed by atoms with Crippen LogP contribution in [0.3, 0.4) is 0 Å². The molecule has 0 fully saturated rings. The van der Waals surface area contributed by atoms with Crippen LogP contribution in [0.5, 0.6) is 0 Å². The van der Waals surface area contributed by atoms with E-state index >= 15 is 0 Å². The number of hydrogen-bond donors (Lipinski definition) is 1. The molecule has 3 rings (SSSR count). The van der Waals surface area contributed by atoms with Gasteiger partial charge in [-0.05, 0) is 18.1 Å². The van der Waals surface area contributed by atoms with E-state index < -0.39 is 0 Å². The van der Waals surface area contributed by atoms with Crippen molar-refractivity contribution in [3.8, 4) is 0 Å². The second-order valence-electron chi connectivity index (χ2n) is 6.60. The smallest absolute Gasteiger partial charge is 0.251 e. The monoisotopic (exact) mass is 378 g/mol. The van der Waals surface area contributed by atoms with Gasteiger partial charge in [0.2, 0.25) is 0 Å². The second kappa shape index (κ2) is 8.73. The van der Waals surface area contributed by atoms with Gasteiger partial charge < -0.3 is 5.32 Å². The number of nitrogens with zero attached hydrogens (tertiary/aromatic N) is 1. The van der Waals surface area contributed by atoms with E-state index in [0.29, 0.717) is 35.6 Å². The minimum atomic E-state index is -0.144. The number of hydrogen-bond acceptors (Lipinski definition) is 4. The van der Waals surface area contributed by atoms with Crippen molar-refractivity contribution in [1.82, 2.24) is 10.3 Å². The van der Waals surface area contributed by atoms with Gasteiger partial charge in [0.05, 0.1) is 10.7 Å². The summed E-state index contributed by atoms with van der Waals surface area (Å²) in [6.45, 7) is 4.77. The van der Waals surface area contributed by atoms with Crippen LogP contribution in [0.15, 0.2) is 60.0 Å². The van der Waals surface area contributed by atoms with Gasteiger partial charge in [0, 0.05) is 35.0 Å². The number of nitrogens with one attached hydrogen (secondary N) is 1. The lowest BCUT2D eigenvalue weighted by Crippen LogP contribution is -2.25. The summed E-state index contributed by atoms with van der Waals surface area (Å²) < 4.78 is 0. The summed E-state index contributed by atoms with van der Waals surface area (Å²) in [6, 6.07) is 15.9. The molecule has 3 aromatic rings. The van der Waals surface area contributed by atoms with Crippen LogP contribution < -0.4 is 5.32 Å². The van der Waals surface area contributed by atoms with Crippen molar-refractivity contribution in [2.24, 2.45) is 0 Å². The van der Waals surface area contributed by atoms with Gasteiger partial charge in [-0.3, -0.25) is 9.59 Å². The largest absolute Gasteiger partial charge is 0.352 e. The number of aromatic nitrogens is 1. The molecule has 0 aliphatic heterocycles. The molecule has 5 heteroatoms. The van der Waals surface area contributed by atoms with Gasteiger partial charge in [-0.25, -0.2) is 4.98 Å². The minimum absolute atomic E-state index is 0.0488. The molecular weight excluding hydrogens is 356 g/mol. The molecule has 27 heavy (non-hydrogen) atoms. The van der Waals surface area contributed by atoms with E-state index in [9.17, 15) is 9.59 Å². The Morgan fingerprint density at radius 1 is 0.963 bits per heavy atom. The summed E-state index contributed by atoms with van der Waals surface area (Å²) in [6.07, 6.45) is 0.716. The highest BCUT2D eigenvalue weighted by Gasteiger charge is 2.11. The third-order valence-corrected chi connectivity index (χ3v) is 5.16. The first-order chi connectivity index (χ1) is 13.0. The van der Waals surface area contributed by atoms with Gasteiger partial charge in [0.25, 0.3) is 5.91 Å². The summed E-state index contributed by atoms with van der Waals surface area (Å²) in [5.41, 5.74) is 2.85. The average molecular weight is 378 g/mol. The van der Waals surface area contributed by atoms with Gasteiger partial charge in [-0.15, -0.1) is 11.3 Å². The normalized spacial score (nSPS) is 10.8. The molecule has 0 saturated carbocycles. The molecule has 1 amide bonds. The molecule has 0 saturated heterocycles. The lowest BCUT2D eigenvalue weighted by molar-refractivity contribution is 0.0952. The van der Waals surface area contributed by atoms with Gasteiger partial charge in [0.1, 0.15) is 0 Å². The fraction of sp³-hybridized carbons (Fsp3) is 0.227. The predicted octanol–water partition coefficient (Wildman–Crippen LogP) is 4.47. The standard InChI is InChI=1S/C22H22N2O2S/c1-15(2)19-14-27-20(24-19)12-13-23-22(26)18-10-8-17(9-11-18)21(25)16-6-4-3-5-7-16/h3-11,14-15H,12-13H2,1-2H3,(H,23,26). The molecule has 1 aromatic heterocycles. The Labute approximate surface area is 163 Å². The SMILES string of the molecule is CC(C)c1csc(CCNC(=O)c2ccc(C(=O)c3ccccc3)cc2)n1. The van der Waals surface area contributed by atoms with Crippen molar-refractivity contribution in [2.45, 2.75) is 26.2 Å². The molecule has 1 heterocycles. The first-order valence-corrected chi connectivity index (χ1v) is 9.85. The zero-order chi connectivity index (χ0) is 19.2. The van der Waals surface area contributed by atoms with Crippen LogP contribution >= 0.6 is 11.3 Å². The summed E-state index contributed by atoms with van der Waals surface area (Å²) in [5, 5.41) is 6.01. The minimum Gasteiger partial charge on any atom is -0.352 e. The van der Waals surface area contributed by atoms with Crippen LogP contribution in [-0.4, -0.2) is 23.2 Å². The second-order valence-corrected chi connectivity index (χ2v) is 7.54. The van der Waals surface area contributed by atoms with Crippen molar-refractivity contribution >= 4 is 23.0 Å². The molecular formula is C22H22N2O2S. The van der Waals surface area contributed by atoms with E-state index in [4.69, 9.17) is 0 Å². The van der Waals surface area contributed by atoms with Gasteiger partial charge in [-0.2, -0.15) is 0 Å². The number of carbonyl (C=O) groups is 2. The third kappa shape index (κ3) is 4.89. The molecule has 0 radical (unpaired) electrons. The Balaban J connectivity index is 1.55. The first-order valence-electron chi connectivity index (χ1n) is 8.97. The van der Waals surface area contributed by atoms with E-state index in [-0.39, 0.29) is 11.7 Å². The Hall–Kier alpha value is -2.79. The molecule has 0 aliphatic carbocycles. The predicted molar refractivity (Wildman–Crippen MR) is 109 cm³/mol. The van der Waals surface area contributed by atoms with Crippen molar-refractivity contribution in [1.29, 1.82) is 0 Å². The first kappa shape index (κ1) is 19.0. The zero-order valence-electron chi connectivity index (χ0n) is 15.4. The lowest BCUT2D eigenvalue weighted by atomic mass is 10.0. The molecule has 2 aromatic carbocycles. The topological polar surface area (TPSA) is 59.1 Å². The maximum Gasteiger partial charge on any atom is 0.251 e.